The summed E-state index contributed by atoms with van der Waals surface area (Å²) < 4.78 is 27.2. The second kappa shape index (κ2) is 7.27. The van der Waals surface area contributed by atoms with E-state index in [2.05, 4.69) is 41.4 Å². The highest BCUT2D eigenvalue weighted by molar-refractivity contribution is 7.89. The SMILES string of the molecule is CC(NC(=O)c1ccc(S(=O)(=O)N(C)C)cc1)c1nnc2cc(C(C)(C)C)[nH]n12. The first-order valence-electron chi connectivity index (χ1n) is 9.19. The third kappa shape index (κ3) is 4.03. The lowest BCUT2D eigenvalue weighted by atomic mass is 9.93. The first kappa shape index (κ1) is 21.0. The third-order valence-electron chi connectivity index (χ3n) is 4.66. The number of carbonyl (C=O) groups is 1. The number of amides is 1. The highest BCUT2D eigenvalue weighted by atomic mass is 32.2. The molecule has 1 aromatic carbocycles. The monoisotopic (exact) mass is 418 g/mol. The number of hydrogen-bond acceptors (Lipinski definition) is 5. The maximum atomic E-state index is 12.6. The number of H-pyrrole nitrogens is 1. The van der Waals surface area contributed by atoms with Crippen LogP contribution in [-0.2, 0) is 15.4 Å². The number of carbonyl (C=O) groups excluding carboxylic acids is 1. The van der Waals surface area contributed by atoms with Crippen LogP contribution < -0.4 is 5.32 Å². The van der Waals surface area contributed by atoms with E-state index in [1.165, 1.54) is 38.4 Å². The summed E-state index contributed by atoms with van der Waals surface area (Å²) in [5, 5.41) is 14.5. The number of sulfonamides is 1. The van der Waals surface area contributed by atoms with Crippen molar-refractivity contribution in [1.82, 2.24) is 29.4 Å². The number of aromatic amines is 1. The number of benzene rings is 1. The van der Waals surface area contributed by atoms with Gasteiger partial charge in [-0.25, -0.2) is 17.2 Å². The van der Waals surface area contributed by atoms with E-state index >= 15 is 0 Å². The highest BCUT2D eigenvalue weighted by Gasteiger charge is 2.23. The minimum atomic E-state index is -3.54. The Morgan fingerprint density at radius 1 is 1.17 bits per heavy atom. The average Bonchev–Trinajstić information content (AvgIpc) is 3.21. The number of rotatable bonds is 5. The van der Waals surface area contributed by atoms with Crippen molar-refractivity contribution < 1.29 is 13.2 Å². The predicted octanol–water partition coefficient (Wildman–Crippen LogP) is 2.10. The van der Waals surface area contributed by atoms with Gasteiger partial charge in [-0.2, -0.15) is 0 Å². The van der Waals surface area contributed by atoms with E-state index < -0.39 is 16.1 Å². The molecule has 0 bridgehead atoms. The Labute approximate surface area is 170 Å². The molecule has 10 heteroatoms. The van der Waals surface area contributed by atoms with Crippen LogP contribution in [0.25, 0.3) is 5.65 Å². The van der Waals surface area contributed by atoms with Crippen LogP contribution in [0.1, 0.15) is 55.6 Å². The Morgan fingerprint density at radius 2 is 1.79 bits per heavy atom. The maximum absolute atomic E-state index is 12.6. The van der Waals surface area contributed by atoms with Crippen molar-refractivity contribution in [3.05, 3.63) is 47.4 Å². The van der Waals surface area contributed by atoms with E-state index in [1.807, 2.05) is 13.0 Å². The number of fused-ring (bicyclic) bond motifs is 1. The molecule has 2 N–H and O–H groups in total. The molecule has 0 aliphatic carbocycles. The van der Waals surface area contributed by atoms with Gasteiger partial charge < -0.3 is 5.32 Å². The van der Waals surface area contributed by atoms with Gasteiger partial charge in [0.2, 0.25) is 10.0 Å². The summed E-state index contributed by atoms with van der Waals surface area (Å²) >= 11 is 0. The van der Waals surface area contributed by atoms with Gasteiger partial charge in [0.15, 0.2) is 11.5 Å². The summed E-state index contributed by atoms with van der Waals surface area (Å²) in [6.07, 6.45) is 0. The summed E-state index contributed by atoms with van der Waals surface area (Å²) in [7, 11) is -0.614. The van der Waals surface area contributed by atoms with Gasteiger partial charge in [-0.3, -0.25) is 9.89 Å². The van der Waals surface area contributed by atoms with Crippen molar-refractivity contribution in [2.45, 2.75) is 44.0 Å². The molecule has 3 aromatic rings. The standard InChI is InChI=1S/C19H26N6O3S/c1-12(17-22-21-16-11-15(19(2,3)4)23-25(16)17)20-18(26)13-7-9-14(10-8-13)29(27,28)24(5)6/h7-12,23H,1-6H3,(H,20,26). The van der Waals surface area contributed by atoms with Crippen LogP contribution in [0.3, 0.4) is 0 Å². The minimum Gasteiger partial charge on any atom is -0.342 e. The van der Waals surface area contributed by atoms with Crippen molar-refractivity contribution in [3.63, 3.8) is 0 Å². The van der Waals surface area contributed by atoms with E-state index in [1.54, 1.807) is 4.52 Å². The largest absolute Gasteiger partial charge is 0.342 e. The van der Waals surface area contributed by atoms with Crippen LogP contribution in [-0.4, -0.2) is 52.5 Å². The van der Waals surface area contributed by atoms with Gasteiger partial charge in [0, 0.05) is 36.8 Å². The maximum Gasteiger partial charge on any atom is 0.251 e. The van der Waals surface area contributed by atoms with Gasteiger partial charge in [-0.05, 0) is 31.2 Å². The van der Waals surface area contributed by atoms with E-state index in [0.717, 1.165) is 10.00 Å². The molecule has 0 aliphatic rings. The summed E-state index contributed by atoms with van der Waals surface area (Å²) in [5.41, 5.74) is 1.99. The molecular formula is C19H26N6O3S. The van der Waals surface area contributed by atoms with Crippen molar-refractivity contribution in [3.8, 4) is 0 Å². The number of aromatic nitrogens is 4. The van der Waals surface area contributed by atoms with Gasteiger partial charge in [0.1, 0.15) is 0 Å². The second-order valence-corrected chi connectivity index (χ2v) is 10.3. The van der Waals surface area contributed by atoms with E-state index in [-0.39, 0.29) is 16.2 Å². The first-order valence-corrected chi connectivity index (χ1v) is 10.6. The van der Waals surface area contributed by atoms with Crippen molar-refractivity contribution >= 4 is 21.6 Å². The van der Waals surface area contributed by atoms with E-state index in [4.69, 9.17) is 0 Å². The van der Waals surface area contributed by atoms with Crippen LogP contribution >= 0.6 is 0 Å². The van der Waals surface area contributed by atoms with Crippen LogP contribution in [0.4, 0.5) is 0 Å². The van der Waals surface area contributed by atoms with Gasteiger partial charge in [-0.1, -0.05) is 20.8 Å². The van der Waals surface area contributed by atoms with E-state index in [0.29, 0.717) is 17.0 Å². The lowest BCUT2D eigenvalue weighted by Gasteiger charge is -2.16. The molecule has 1 atom stereocenters. The molecule has 3 rings (SSSR count). The Bertz CT molecular complexity index is 1140. The summed E-state index contributed by atoms with van der Waals surface area (Å²) in [6, 6.07) is 7.35. The number of hydrogen-bond donors (Lipinski definition) is 2. The van der Waals surface area contributed by atoms with Crippen LogP contribution in [0, 0.1) is 0 Å². The van der Waals surface area contributed by atoms with Crippen molar-refractivity contribution in [2.24, 2.45) is 0 Å². The van der Waals surface area contributed by atoms with Crippen LogP contribution in [0.5, 0.6) is 0 Å². The minimum absolute atomic E-state index is 0.0703. The number of nitrogens with one attached hydrogen (secondary N) is 2. The normalized spacial score (nSPS) is 13.8. The molecular weight excluding hydrogens is 392 g/mol. The Balaban J connectivity index is 1.79. The molecule has 2 aromatic heterocycles. The molecule has 156 valence electrons. The molecule has 0 fully saturated rings. The molecule has 2 heterocycles. The molecule has 1 amide bonds. The van der Waals surface area contributed by atoms with E-state index in [9.17, 15) is 13.2 Å². The van der Waals surface area contributed by atoms with Crippen LogP contribution in [0.15, 0.2) is 35.2 Å². The predicted molar refractivity (Wildman–Crippen MR) is 109 cm³/mol. The average molecular weight is 419 g/mol. The smallest absolute Gasteiger partial charge is 0.251 e. The molecule has 0 aliphatic heterocycles. The lowest BCUT2D eigenvalue weighted by Crippen LogP contribution is -2.28. The third-order valence-corrected chi connectivity index (χ3v) is 6.49. The summed E-state index contributed by atoms with van der Waals surface area (Å²) in [5.74, 6) is 0.251. The lowest BCUT2D eigenvalue weighted by molar-refractivity contribution is 0.0938. The van der Waals surface area contributed by atoms with Crippen LogP contribution in [0.2, 0.25) is 0 Å². The fraction of sp³-hybridized carbons (Fsp3) is 0.421. The molecule has 0 spiro atoms. The van der Waals surface area contributed by atoms with Gasteiger partial charge >= 0.3 is 0 Å². The van der Waals surface area contributed by atoms with Gasteiger partial charge in [0.05, 0.1) is 10.9 Å². The second-order valence-electron chi connectivity index (χ2n) is 8.18. The molecule has 29 heavy (non-hydrogen) atoms. The molecule has 0 saturated carbocycles. The fourth-order valence-corrected chi connectivity index (χ4v) is 3.70. The fourth-order valence-electron chi connectivity index (χ4n) is 2.80. The molecule has 1 unspecified atom stereocenters. The first-order chi connectivity index (χ1) is 13.4. The molecule has 9 nitrogen and oxygen atoms in total. The summed E-state index contributed by atoms with van der Waals surface area (Å²) in [6.45, 7) is 8.10. The highest BCUT2D eigenvalue weighted by Crippen LogP contribution is 2.23. The van der Waals surface area contributed by atoms with Gasteiger partial charge in [-0.15, -0.1) is 10.2 Å². The molecule has 0 radical (unpaired) electrons. The van der Waals surface area contributed by atoms with Gasteiger partial charge in [0.25, 0.3) is 5.91 Å². The summed E-state index contributed by atoms with van der Waals surface area (Å²) in [4.78, 5) is 12.7. The van der Waals surface area contributed by atoms with Crippen molar-refractivity contribution in [1.29, 1.82) is 0 Å². The Hall–Kier alpha value is -2.72. The quantitative estimate of drug-likeness (QED) is 0.659. The Morgan fingerprint density at radius 3 is 2.34 bits per heavy atom. The topological polar surface area (TPSA) is 112 Å². The Kier molecular flexibility index (Phi) is 5.26. The zero-order valence-electron chi connectivity index (χ0n) is 17.4. The van der Waals surface area contributed by atoms with Crippen molar-refractivity contribution in [2.75, 3.05) is 14.1 Å². The molecule has 0 saturated heterocycles. The number of nitrogens with zero attached hydrogens (tertiary/aromatic N) is 4. The zero-order chi connectivity index (χ0) is 21.6. The zero-order valence-corrected chi connectivity index (χ0v) is 18.2.